The van der Waals surface area contributed by atoms with Crippen LogP contribution < -0.4 is 9.47 Å². The van der Waals surface area contributed by atoms with Gasteiger partial charge < -0.3 is 29.1 Å². The van der Waals surface area contributed by atoms with Crippen LogP contribution in [0.1, 0.15) is 276 Å². The summed E-state index contributed by atoms with van der Waals surface area (Å²) in [7, 11) is 0. The fraction of sp³-hybridized carbons (Fsp3) is 0.533. The molecule has 4 amide bonds. The Hall–Kier alpha value is -6.50. The summed E-state index contributed by atoms with van der Waals surface area (Å²) in [5.41, 5.74) is 5.20. The van der Waals surface area contributed by atoms with E-state index in [1.807, 2.05) is 42.5 Å². The standard InChI is InChI=1S/C90H114N4O6S6/c1-13-25-33-59(19-7)53-91-79(71-39-31-49-101-71)75-77(89(91)97)81(93(87(75)95)55-61(21-9)35-27-15-3)73-47-45-65(103-73)41-43-67-51-69-83(99-57-63(23-11)37-29-17-5)86-70(84(85(69)105-67)100-58-64(24-12)38-30-18-6)52-68(106-86)44-42-66-46-48-74(104-66)82-78-76(88(96)94(82)56-62(22-10)36-28-16-4)80(72-40-32-50-102-72)92(90(78)98)54-60(20-8)34-26-14-2/h31-32,39-40,45-52,59-64H,13-30,33-38,53-58H2,1-12H3. The fourth-order valence-electron chi connectivity index (χ4n) is 15.7. The van der Waals surface area contributed by atoms with Gasteiger partial charge in [0.25, 0.3) is 23.6 Å². The highest BCUT2D eigenvalue weighted by Crippen LogP contribution is 2.54. The van der Waals surface area contributed by atoms with Gasteiger partial charge in [0.15, 0.2) is 0 Å². The maximum absolute atomic E-state index is 15.4. The Kier molecular flexibility index (Phi) is 29.4. The van der Waals surface area contributed by atoms with E-state index >= 15 is 19.2 Å². The molecule has 4 aliphatic heterocycles. The van der Waals surface area contributed by atoms with E-state index in [0.717, 1.165) is 248 Å². The Morgan fingerprint density at radius 3 is 0.896 bits per heavy atom. The molecule has 0 bridgehead atoms. The van der Waals surface area contributed by atoms with Crippen molar-refractivity contribution >= 4 is 135 Å². The number of hydrogen-bond acceptors (Lipinski definition) is 12. The SMILES string of the molecule is CCCCC(CC)COc1c2cc(C#Cc3ccc(C4=C5C(=O)N(CC(CC)CCCC)C(c6cccs6)=C5C(=O)N4CC(CC)CCCC)s3)sc2c(OCC(CC)CCCC)c2cc(C#Cc3ccc(C4=C5C(=O)N(CC(CC)CCCC)C(c6cccs6)=C5C(=O)N4CC(CC)CCCC)s3)sc12. The highest BCUT2D eigenvalue weighted by atomic mass is 32.1. The molecule has 10 nitrogen and oxygen atoms in total. The van der Waals surface area contributed by atoms with Crippen LogP contribution in [0.3, 0.4) is 0 Å². The summed E-state index contributed by atoms with van der Waals surface area (Å²) in [4.78, 5) is 76.5. The number of hydrogen-bond donors (Lipinski definition) is 0. The van der Waals surface area contributed by atoms with Crippen LogP contribution in [0.25, 0.3) is 43.0 Å². The van der Waals surface area contributed by atoms with Gasteiger partial charge in [-0.05, 0) is 157 Å². The van der Waals surface area contributed by atoms with E-state index < -0.39 is 0 Å². The zero-order valence-corrected chi connectivity index (χ0v) is 70.2. The molecule has 0 N–H and O–H groups in total. The fourth-order valence-corrected chi connectivity index (χ4v) is 21.1. The van der Waals surface area contributed by atoms with E-state index in [1.54, 1.807) is 68.0 Å². The summed E-state index contributed by atoms with van der Waals surface area (Å²) in [6.45, 7) is 30.3. The minimum Gasteiger partial charge on any atom is -0.491 e. The molecule has 11 rings (SSSR count). The smallest absolute Gasteiger partial charge is 0.261 e. The molecule has 106 heavy (non-hydrogen) atoms. The summed E-state index contributed by atoms with van der Waals surface area (Å²) >= 11 is 9.62. The predicted molar refractivity (Wildman–Crippen MR) is 452 cm³/mol. The molecule has 0 fully saturated rings. The average molecular weight is 1540 g/mol. The van der Waals surface area contributed by atoms with E-state index in [1.165, 1.54) is 0 Å². The molecule has 0 aliphatic carbocycles. The number of amides is 4. The van der Waals surface area contributed by atoms with E-state index in [4.69, 9.17) is 9.47 Å². The lowest BCUT2D eigenvalue weighted by molar-refractivity contribution is -0.124. The van der Waals surface area contributed by atoms with Crippen molar-refractivity contribution in [3.05, 3.63) is 133 Å². The largest absolute Gasteiger partial charge is 0.491 e. The Balaban J connectivity index is 0.998. The summed E-state index contributed by atoms with van der Waals surface area (Å²) in [5, 5.41) is 6.07. The molecule has 0 saturated heterocycles. The summed E-state index contributed by atoms with van der Waals surface area (Å²) < 4.78 is 16.5. The first-order chi connectivity index (χ1) is 51.7. The van der Waals surface area contributed by atoms with Crippen LogP contribution >= 0.6 is 68.0 Å². The number of benzene rings is 1. The molecule has 0 saturated carbocycles. The minimum atomic E-state index is -0.0688. The lowest BCUT2D eigenvalue weighted by atomic mass is 9.98. The molecular formula is C90H114N4O6S6. The molecule has 6 atom stereocenters. The van der Waals surface area contributed by atoms with Gasteiger partial charge in [-0.2, -0.15) is 0 Å². The molecule has 6 aromatic heterocycles. The highest BCUT2D eigenvalue weighted by Gasteiger charge is 2.52. The zero-order valence-electron chi connectivity index (χ0n) is 65.3. The van der Waals surface area contributed by atoms with Crippen molar-refractivity contribution in [2.45, 2.75) is 237 Å². The van der Waals surface area contributed by atoms with Gasteiger partial charge in [-0.15, -0.1) is 68.0 Å². The van der Waals surface area contributed by atoms with Crippen LogP contribution in [-0.4, -0.2) is 82.6 Å². The second-order valence-electron chi connectivity index (χ2n) is 29.8. The molecule has 4 aliphatic rings. The van der Waals surface area contributed by atoms with Crippen molar-refractivity contribution in [1.29, 1.82) is 0 Å². The van der Waals surface area contributed by atoms with Gasteiger partial charge in [0.1, 0.15) is 11.5 Å². The van der Waals surface area contributed by atoms with Gasteiger partial charge in [-0.1, -0.05) is 211 Å². The van der Waals surface area contributed by atoms with Crippen molar-refractivity contribution < 1.29 is 28.7 Å². The lowest BCUT2D eigenvalue weighted by Gasteiger charge is -2.29. The van der Waals surface area contributed by atoms with Gasteiger partial charge in [0.05, 0.1) is 107 Å². The molecule has 16 heteroatoms. The first-order valence-corrected chi connectivity index (χ1v) is 45.6. The van der Waals surface area contributed by atoms with Gasteiger partial charge in [0, 0.05) is 37.0 Å². The normalized spacial score (nSPS) is 16.3. The zero-order chi connectivity index (χ0) is 75.0. The third-order valence-electron chi connectivity index (χ3n) is 22.5. The Labute approximate surface area is 657 Å². The Morgan fingerprint density at radius 1 is 0.340 bits per heavy atom. The predicted octanol–water partition coefficient (Wildman–Crippen LogP) is 24.8. The molecule has 1 aromatic carbocycles. The molecule has 566 valence electrons. The maximum atomic E-state index is 15.4. The molecule has 6 unspecified atom stereocenters. The van der Waals surface area contributed by atoms with E-state index in [0.29, 0.717) is 85.4 Å². The summed E-state index contributed by atoms with van der Waals surface area (Å²) in [5.74, 6) is 17.9. The van der Waals surface area contributed by atoms with Crippen molar-refractivity contribution in [3.63, 3.8) is 0 Å². The Morgan fingerprint density at radius 2 is 0.623 bits per heavy atom. The number of rotatable bonds is 42. The van der Waals surface area contributed by atoms with Crippen LogP contribution in [0.15, 0.2) is 93.7 Å². The van der Waals surface area contributed by atoms with Crippen LogP contribution in [-0.2, 0) is 19.2 Å². The number of fused-ring (bicyclic) bond motifs is 4. The van der Waals surface area contributed by atoms with Gasteiger partial charge in [-0.25, -0.2) is 0 Å². The maximum Gasteiger partial charge on any atom is 0.261 e. The van der Waals surface area contributed by atoms with Gasteiger partial charge >= 0.3 is 0 Å². The molecule has 10 heterocycles. The van der Waals surface area contributed by atoms with E-state index in [9.17, 15) is 0 Å². The average Bonchev–Trinajstić information content (AvgIpc) is 1.56. The van der Waals surface area contributed by atoms with Gasteiger partial charge in [-0.3, -0.25) is 19.2 Å². The highest BCUT2D eigenvalue weighted by molar-refractivity contribution is 7.22. The van der Waals surface area contributed by atoms with Crippen LogP contribution in [0, 0.1) is 59.2 Å². The Bertz CT molecular complexity index is 4120. The van der Waals surface area contributed by atoms with Crippen LogP contribution in [0.4, 0.5) is 0 Å². The first-order valence-electron chi connectivity index (χ1n) is 40.6. The third kappa shape index (κ3) is 17.9. The van der Waals surface area contributed by atoms with Crippen LogP contribution in [0.5, 0.6) is 11.5 Å². The first kappa shape index (κ1) is 80.5. The van der Waals surface area contributed by atoms with Crippen molar-refractivity contribution in [2.75, 3.05) is 39.4 Å². The monoisotopic (exact) mass is 1540 g/mol. The molecule has 0 radical (unpaired) electrons. The topological polar surface area (TPSA) is 99.7 Å². The second-order valence-corrected chi connectivity index (χ2v) is 36.0. The van der Waals surface area contributed by atoms with Crippen molar-refractivity contribution in [1.82, 2.24) is 19.6 Å². The van der Waals surface area contributed by atoms with Crippen LogP contribution in [0.2, 0.25) is 0 Å². The number of thiophene rings is 6. The molecule has 0 spiro atoms. The van der Waals surface area contributed by atoms with Crippen molar-refractivity contribution in [2.24, 2.45) is 35.5 Å². The van der Waals surface area contributed by atoms with Crippen molar-refractivity contribution in [3.8, 4) is 35.2 Å². The number of unbranched alkanes of at least 4 members (excludes halogenated alkanes) is 6. The van der Waals surface area contributed by atoms with E-state index in [2.05, 4.69) is 155 Å². The number of nitrogens with zero attached hydrogens (tertiary/aromatic N) is 4. The molecular weight excluding hydrogens is 1430 g/mol. The number of carbonyl (C=O) groups is 4. The van der Waals surface area contributed by atoms with Gasteiger partial charge in [0.2, 0.25) is 0 Å². The second kappa shape index (κ2) is 38.7. The number of carbonyl (C=O) groups excluding carboxylic acids is 4. The van der Waals surface area contributed by atoms with E-state index in [-0.39, 0.29) is 35.5 Å². The lowest BCUT2D eigenvalue weighted by Crippen LogP contribution is -2.34. The summed E-state index contributed by atoms with van der Waals surface area (Å²) in [6, 6.07) is 20.9. The third-order valence-corrected chi connectivity index (χ3v) is 28.4. The molecule has 7 aromatic rings. The summed E-state index contributed by atoms with van der Waals surface area (Å²) in [6.07, 6.45) is 25.4. The number of ether oxygens (including phenoxy) is 2. The quantitative estimate of drug-likeness (QED) is 0.0354. The minimum absolute atomic E-state index is 0.0688.